The number of hydrogen-bond donors (Lipinski definition) is 1. The van der Waals surface area contributed by atoms with Gasteiger partial charge in [0.25, 0.3) is 5.91 Å². The molecule has 0 atom stereocenters. The summed E-state index contributed by atoms with van der Waals surface area (Å²) in [6, 6.07) is 3.64. The minimum Gasteiger partial charge on any atom is -0.496 e. The number of carbonyl (C=O) groups excluding carboxylic acids is 1. The zero-order valence-electron chi connectivity index (χ0n) is 11.3. The van der Waals surface area contributed by atoms with Crippen LogP contribution in [0, 0.1) is 0 Å². The van der Waals surface area contributed by atoms with Crippen LogP contribution in [0.5, 0.6) is 11.5 Å². The molecule has 4 heteroatoms. The third-order valence-corrected chi connectivity index (χ3v) is 3.51. The second-order valence-corrected chi connectivity index (χ2v) is 5.11. The Morgan fingerprint density at radius 2 is 1.78 bits per heavy atom. The highest BCUT2D eigenvalue weighted by Gasteiger charge is 2.34. The van der Waals surface area contributed by atoms with Gasteiger partial charge in [-0.3, -0.25) is 4.79 Å². The largest absolute Gasteiger partial charge is 0.496 e. The van der Waals surface area contributed by atoms with Crippen molar-refractivity contribution in [3.05, 3.63) is 23.3 Å². The van der Waals surface area contributed by atoms with Crippen LogP contribution in [0.15, 0.2) is 12.1 Å². The van der Waals surface area contributed by atoms with E-state index in [-0.39, 0.29) is 11.3 Å². The van der Waals surface area contributed by atoms with Gasteiger partial charge in [-0.2, -0.15) is 0 Å². The third-order valence-electron chi connectivity index (χ3n) is 3.51. The summed E-state index contributed by atoms with van der Waals surface area (Å²) in [6.45, 7) is 4.90. The first-order valence-electron chi connectivity index (χ1n) is 6.05. The summed E-state index contributed by atoms with van der Waals surface area (Å²) < 4.78 is 10.7. The van der Waals surface area contributed by atoms with Gasteiger partial charge in [-0.25, -0.2) is 0 Å². The number of amides is 1. The van der Waals surface area contributed by atoms with Crippen molar-refractivity contribution < 1.29 is 14.3 Å². The fourth-order valence-electron chi connectivity index (χ4n) is 2.50. The molecular formula is C14H19NO3. The van der Waals surface area contributed by atoms with Gasteiger partial charge in [-0.15, -0.1) is 0 Å². The molecule has 98 valence electrons. The van der Waals surface area contributed by atoms with E-state index >= 15 is 0 Å². The Morgan fingerprint density at radius 1 is 1.17 bits per heavy atom. The standard InChI is InChI=1S/C14H19NO3/c1-14(2)7-8-15-13(16)11-9(17-3)5-6-10(18-4)12(11)14/h5-6H,7-8H2,1-4H3,(H,15,16). The molecule has 18 heavy (non-hydrogen) atoms. The summed E-state index contributed by atoms with van der Waals surface area (Å²) in [5, 5.41) is 2.91. The zero-order valence-corrected chi connectivity index (χ0v) is 11.3. The van der Waals surface area contributed by atoms with Crippen molar-refractivity contribution in [2.24, 2.45) is 0 Å². The van der Waals surface area contributed by atoms with Crippen LogP contribution in [0.2, 0.25) is 0 Å². The molecule has 0 unspecified atom stereocenters. The van der Waals surface area contributed by atoms with E-state index in [4.69, 9.17) is 9.47 Å². The second kappa shape index (κ2) is 4.52. The number of benzene rings is 1. The predicted octanol–water partition coefficient (Wildman–Crippen LogP) is 2.11. The first-order chi connectivity index (χ1) is 8.51. The third kappa shape index (κ3) is 1.92. The van der Waals surface area contributed by atoms with Gasteiger partial charge in [0, 0.05) is 12.1 Å². The maximum absolute atomic E-state index is 12.2. The highest BCUT2D eigenvalue weighted by Crippen LogP contribution is 2.41. The number of carbonyl (C=O) groups is 1. The Hall–Kier alpha value is -1.71. The average Bonchev–Trinajstić information content (AvgIpc) is 2.47. The molecule has 0 aliphatic carbocycles. The molecular weight excluding hydrogens is 230 g/mol. The Labute approximate surface area is 107 Å². The number of ether oxygens (including phenoxy) is 2. The smallest absolute Gasteiger partial charge is 0.255 e. The van der Waals surface area contributed by atoms with Crippen LogP contribution in [0.1, 0.15) is 36.2 Å². The molecule has 0 saturated carbocycles. The minimum atomic E-state index is -0.131. The molecule has 0 aromatic heterocycles. The lowest BCUT2D eigenvalue weighted by atomic mass is 9.79. The van der Waals surface area contributed by atoms with Crippen LogP contribution < -0.4 is 14.8 Å². The lowest BCUT2D eigenvalue weighted by Crippen LogP contribution is -2.23. The van der Waals surface area contributed by atoms with Crippen molar-refractivity contribution in [1.29, 1.82) is 0 Å². The number of hydrogen-bond acceptors (Lipinski definition) is 3. The zero-order chi connectivity index (χ0) is 13.3. The molecule has 4 nitrogen and oxygen atoms in total. The Kier molecular flexibility index (Phi) is 3.20. The molecule has 1 amide bonds. The molecule has 0 saturated heterocycles. The van der Waals surface area contributed by atoms with Gasteiger partial charge < -0.3 is 14.8 Å². The van der Waals surface area contributed by atoms with E-state index in [1.807, 2.05) is 6.07 Å². The minimum absolute atomic E-state index is 0.0914. The van der Waals surface area contributed by atoms with Crippen molar-refractivity contribution in [2.75, 3.05) is 20.8 Å². The Morgan fingerprint density at radius 3 is 2.39 bits per heavy atom. The molecule has 1 heterocycles. The summed E-state index contributed by atoms with van der Waals surface area (Å²) in [5.74, 6) is 1.25. The maximum atomic E-state index is 12.2. The first kappa shape index (κ1) is 12.7. The molecule has 0 bridgehead atoms. The summed E-state index contributed by atoms with van der Waals surface area (Å²) in [5.41, 5.74) is 1.40. The predicted molar refractivity (Wildman–Crippen MR) is 69.5 cm³/mol. The highest BCUT2D eigenvalue weighted by atomic mass is 16.5. The van der Waals surface area contributed by atoms with Crippen LogP contribution >= 0.6 is 0 Å². The van der Waals surface area contributed by atoms with E-state index < -0.39 is 0 Å². The van der Waals surface area contributed by atoms with E-state index in [0.717, 1.165) is 17.7 Å². The van der Waals surface area contributed by atoms with Crippen LogP contribution in [0.4, 0.5) is 0 Å². The molecule has 1 aliphatic rings. The summed E-state index contributed by atoms with van der Waals surface area (Å²) in [6.07, 6.45) is 0.870. The molecule has 0 spiro atoms. The Balaban J connectivity index is 2.76. The van der Waals surface area contributed by atoms with Crippen LogP contribution in [0.25, 0.3) is 0 Å². The SMILES string of the molecule is COc1ccc(OC)c2c1C(=O)NCCC2(C)C. The van der Waals surface area contributed by atoms with Gasteiger partial charge in [0.15, 0.2) is 0 Å². The van der Waals surface area contributed by atoms with E-state index in [9.17, 15) is 4.79 Å². The van der Waals surface area contributed by atoms with Crippen molar-refractivity contribution >= 4 is 5.91 Å². The topological polar surface area (TPSA) is 47.6 Å². The van der Waals surface area contributed by atoms with Crippen molar-refractivity contribution in [2.45, 2.75) is 25.7 Å². The second-order valence-electron chi connectivity index (χ2n) is 5.11. The lowest BCUT2D eigenvalue weighted by molar-refractivity contribution is 0.0952. The summed E-state index contributed by atoms with van der Waals surface area (Å²) >= 11 is 0. The van der Waals surface area contributed by atoms with Crippen molar-refractivity contribution in [3.63, 3.8) is 0 Å². The molecule has 1 N–H and O–H groups in total. The molecule has 2 rings (SSSR count). The van der Waals surface area contributed by atoms with Gasteiger partial charge in [0.2, 0.25) is 0 Å². The fourth-order valence-corrected chi connectivity index (χ4v) is 2.50. The van der Waals surface area contributed by atoms with E-state index in [0.29, 0.717) is 17.9 Å². The Bertz CT molecular complexity index is 480. The van der Waals surface area contributed by atoms with Gasteiger partial charge in [0.05, 0.1) is 19.8 Å². The summed E-state index contributed by atoms with van der Waals surface area (Å²) in [7, 11) is 3.20. The molecule has 1 aliphatic heterocycles. The van der Waals surface area contributed by atoms with Gasteiger partial charge in [-0.1, -0.05) is 13.8 Å². The van der Waals surface area contributed by atoms with Crippen LogP contribution in [0.3, 0.4) is 0 Å². The highest BCUT2D eigenvalue weighted by molar-refractivity contribution is 6.00. The van der Waals surface area contributed by atoms with Gasteiger partial charge >= 0.3 is 0 Å². The van der Waals surface area contributed by atoms with Gasteiger partial charge in [-0.05, 0) is 24.0 Å². The molecule has 1 aromatic rings. The lowest BCUT2D eigenvalue weighted by Gasteiger charge is -2.27. The van der Waals surface area contributed by atoms with Crippen LogP contribution in [-0.2, 0) is 5.41 Å². The molecule has 0 fully saturated rings. The maximum Gasteiger partial charge on any atom is 0.255 e. The van der Waals surface area contributed by atoms with Crippen LogP contribution in [-0.4, -0.2) is 26.7 Å². The van der Waals surface area contributed by atoms with E-state index in [1.54, 1.807) is 20.3 Å². The van der Waals surface area contributed by atoms with E-state index in [1.165, 1.54) is 0 Å². The summed E-state index contributed by atoms with van der Waals surface area (Å²) in [4.78, 5) is 12.2. The normalized spacial score (nSPS) is 17.4. The number of methoxy groups -OCH3 is 2. The molecule has 0 radical (unpaired) electrons. The monoisotopic (exact) mass is 249 g/mol. The van der Waals surface area contributed by atoms with Gasteiger partial charge in [0.1, 0.15) is 11.5 Å². The first-order valence-corrected chi connectivity index (χ1v) is 6.05. The average molecular weight is 249 g/mol. The number of fused-ring (bicyclic) bond motifs is 1. The quantitative estimate of drug-likeness (QED) is 0.873. The fraction of sp³-hybridized carbons (Fsp3) is 0.500. The number of rotatable bonds is 2. The van der Waals surface area contributed by atoms with Crippen molar-refractivity contribution in [3.8, 4) is 11.5 Å². The van der Waals surface area contributed by atoms with Crippen molar-refractivity contribution in [1.82, 2.24) is 5.32 Å². The van der Waals surface area contributed by atoms with E-state index in [2.05, 4.69) is 19.2 Å². The number of nitrogens with one attached hydrogen (secondary N) is 1. The molecule has 1 aromatic carbocycles.